The largest absolute Gasteiger partial charge is 0.330 e. The number of hydrogen-bond donors (Lipinski definition) is 2. The van der Waals surface area contributed by atoms with Gasteiger partial charge in [0.2, 0.25) is 0 Å². The fraction of sp³-hybridized carbons (Fsp3) is 0.400. The van der Waals surface area contributed by atoms with Crippen LogP contribution >= 0.6 is 23.2 Å². The van der Waals surface area contributed by atoms with Crippen LogP contribution in [0.5, 0.6) is 0 Å². The molecular formula is C10H14Cl2N2. The van der Waals surface area contributed by atoms with Crippen molar-refractivity contribution in [2.24, 2.45) is 5.73 Å². The number of nitrogens with two attached hydrogens (primary N) is 1. The van der Waals surface area contributed by atoms with Gasteiger partial charge in [-0.15, -0.1) is 0 Å². The Bertz CT molecular complexity index is 302. The Kier molecular flexibility index (Phi) is 4.69. The predicted molar refractivity (Wildman–Crippen MR) is 61.9 cm³/mol. The first-order valence-electron chi connectivity index (χ1n) is 4.51. The van der Waals surface area contributed by atoms with Crippen molar-refractivity contribution in [3.63, 3.8) is 0 Å². The van der Waals surface area contributed by atoms with Crippen LogP contribution < -0.4 is 11.1 Å². The Labute approximate surface area is 94.4 Å². The molecule has 2 nitrogen and oxygen atoms in total. The SMILES string of the molecule is CNC(CCN)c1ccc(Cl)cc1Cl. The highest BCUT2D eigenvalue weighted by molar-refractivity contribution is 6.35. The van der Waals surface area contributed by atoms with Crippen molar-refractivity contribution in [3.05, 3.63) is 33.8 Å². The molecule has 1 unspecified atom stereocenters. The third-order valence-corrected chi connectivity index (χ3v) is 2.70. The average molecular weight is 233 g/mol. The van der Waals surface area contributed by atoms with Gasteiger partial charge in [-0.1, -0.05) is 29.3 Å². The predicted octanol–water partition coefficient (Wildman–Crippen LogP) is 2.60. The number of halogens is 2. The summed E-state index contributed by atoms with van der Waals surface area (Å²) < 4.78 is 0. The van der Waals surface area contributed by atoms with E-state index in [9.17, 15) is 0 Å². The first-order chi connectivity index (χ1) is 6.69. The molecule has 0 bridgehead atoms. The first-order valence-corrected chi connectivity index (χ1v) is 5.27. The van der Waals surface area contributed by atoms with Crippen LogP contribution in [0.15, 0.2) is 18.2 Å². The van der Waals surface area contributed by atoms with Gasteiger partial charge in [0.15, 0.2) is 0 Å². The fourth-order valence-corrected chi connectivity index (χ4v) is 1.95. The normalized spacial score (nSPS) is 12.9. The van der Waals surface area contributed by atoms with Crippen molar-refractivity contribution in [2.45, 2.75) is 12.5 Å². The summed E-state index contributed by atoms with van der Waals surface area (Å²) in [4.78, 5) is 0. The molecule has 0 fully saturated rings. The summed E-state index contributed by atoms with van der Waals surface area (Å²) in [7, 11) is 1.89. The lowest BCUT2D eigenvalue weighted by atomic mass is 10.0. The van der Waals surface area contributed by atoms with E-state index in [1.165, 1.54) is 0 Å². The van der Waals surface area contributed by atoms with Gasteiger partial charge in [0.05, 0.1) is 0 Å². The number of hydrogen-bond acceptors (Lipinski definition) is 2. The quantitative estimate of drug-likeness (QED) is 0.838. The third kappa shape index (κ3) is 2.85. The third-order valence-electron chi connectivity index (χ3n) is 2.14. The second-order valence-electron chi connectivity index (χ2n) is 3.08. The van der Waals surface area contributed by atoms with Gasteiger partial charge in [0.1, 0.15) is 0 Å². The Hall–Kier alpha value is -0.280. The van der Waals surface area contributed by atoms with Gasteiger partial charge in [-0.3, -0.25) is 0 Å². The van der Waals surface area contributed by atoms with Gasteiger partial charge < -0.3 is 11.1 Å². The zero-order chi connectivity index (χ0) is 10.6. The van der Waals surface area contributed by atoms with Crippen molar-refractivity contribution in [3.8, 4) is 0 Å². The van der Waals surface area contributed by atoms with Crippen LogP contribution in [0.25, 0.3) is 0 Å². The molecule has 14 heavy (non-hydrogen) atoms. The molecule has 0 radical (unpaired) electrons. The standard InChI is InChI=1S/C10H14Cl2N2/c1-14-10(4-5-13)8-3-2-7(11)6-9(8)12/h2-3,6,10,14H,4-5,13H2,1H3. The van der Waals surface area contributed by atoms with Crippen LogP contribution in [-0.2, 0) is 0 Å². The minimum Gasteiger partial charge on any atom is -0.330 e. The van der Waals surface area contributed by atoms with E-state index in [2.05, 4.69) is 5.32 Å². The van der Waals surface area contributed by atoms with E-state index in [-0.39, 0.29) is 6.04 Å². The van der Waals surface area contributed by atoms with Gasteiger partial charge in [-0.25, -0.2) is 0 Å². The second kappa shape index (κ2) is 5.56. The van der Waals surface area contributed by atoms with Crippen molar-refractivity contribution in [1.82, 2.24) is 5.32 Å². The van der Waals surface area contributed by atoms with Gasteiger partial charge in [0.25, 0.3) is 0 Å². The maximum absolute atomic E-state index is 6.07. The summed E-state index contributed by atoms with van der Waals surface area (Å²) >= 11 is 11.9. The van der Waals surface area contributed by atoms with Crippen molar-refractivity contribution in [1.29, 1.82) is 0 Å². The number of nitrogens with one attached hydrogen (secondary N) is 1. The minimum absolute atomic E-state index is 0.199. The van der Waals surface area contributed by atoms with Gasteiger partial charge in [-0.05, 0) is 37.7 Å². The van der Waals surface area contributed by atoms with Crippen molar-refractivity contribution >= 4 is 23.2 Å². The summed E-state index contributed by atoms with van der Waals surface area (Å²) in [6.45, 7) is 0.629. The Morgan fingerprint density at radius 2 is 2.14 bits per heavy atom. The lowest BCUT2D eigenvalue weighted by molar-refractivity contribution is 0.557. The smallest absolute Gasteiger partial charge is 0.0468 e. The van der Waals surface area contributed by atoms with Crippen LogP contribution in [0.2, 0.25) is 10.0 Å². The van der Waals surface area contributed by atoms with Crippen molar-refractivity contribution < 1.29 is 0 Å². The fourth-order valence-electron chi connectivity index (χ4n) is 1.41. The molecule has 0 saturated carbocycles. The minimum atomic E-state index is 0.199. The van der Waals surface area contributed by atoms with Crippen LogP contribution in [-0.4, -0.2) is 13.6 Å². The van der Waals surface area contributed by atoms with E-state index >= 15 is 0 Å². The molecule has 0 spiro atoms. The van der Waals surface area contributed by atoms with E-state index in [4.69, 9.17) is 28.9 Å². The first kappa shape index (κ1) is 11.8. The highest BCUT2D eigenvalue weighted by Crippen LogP contribution is 2.27. The molecule has 3 N–H and O–H groups in total. The van der Waals surface area contributed by atoms with Crippen LogP contribution in [0.3, 0.4) is 0 Å². The number of benzene rings is 1. The summed E-state index contributed by atoms with van der Waals surface area (Å²) in [5.41, 5.74) is 6.56. The second-order valence-corrected chi connectivity index (χ2v) is 3.93. The highest BCUT2D eigenvalue weighted by atomic mass is 35.5. The van der Waals surface area contributed by atoms with Crippen molar-refractivity contribution in [2.75, 3.05) is 13.6 Å². The van der Waals surface area contributed by atoms with E-state index in [1.54, 1.807) is 6.07 Å². The molecule has 0 aliphatic carbocycles. The summed E-state index contributed by atoms with van der Waals surface area (Å²) in [6, 6.07) is 5.72. The molecule has 1 atom stereocenters. The van der Waals surface area contributed by atoms with Gasteiger partial charge in [-0.2, -0.15) is 0 Å². The Balaban J connectivity index is 2.92. The molecule has 1 rings (SSSR count). The Morgan fingerprint density at radius 1 is 1.43 bits per heavy atom. The van der Waals surface area contributed by atoms with E-state index in [0.29, 0.717) is 16.6 Å². The topological polar surface area (TPSA) is 38.0 Å². The van der Waals surface area contributed by atoms with E-state index in [1.807, 2.05) is 19.2 Å². The van der Waals surface area contributed by atoms with E-state index < -0.39 is 0 Å². The summed E-state index contributed by atoms with van der Waals surface area (Å²) in [6.07, 6.45) is 0.859. The maximum atomic E-state index is 6.07. The molecule has 0 aromatic heterocycles. The monoisotopic (exact) mass is 232 g/mol. The molecule has 0 heterocycles. The highest BCUT2D eigenvalue weighted by Gasteiger charge is 2.11. The maximum Gasteiger partial charge on any atom is 0.0468 e. The lowest BCUT2D eigenvalue weighted by Gasteiger charge is -2.17. The molecule has 0 amide bonds. The number of rotatable bonds is 4. The zero-order valence-corrected chi connectivity index (χ0v) is 9.57. The molecule has 0 aliphatic heterocycles. The average Bonchev–Trinajstić information content (AvgIpc) is 2.15. The lowest BCUT2D eigenvalue weighted by Crippen LogP contribution is -2.20. The van der Waals surface area contributed by atoms with Crippen LogP contribution in [0.4, 0.5) is 0 Å². The van der Waals surface area contributed by atoms with Gasteiger partial charge in [0, 0.05) is 16.1 Å². The Morgan fingerprint density at radius 3 is 2.64 bits per heavy atom. The molecule has 0 aliphatic rings. The van der Waals surface area contributed by atoms with Crippen LogP contribution in [0.1, 0.15) is 18.0 Å². The molecule has 4 heteroatoms. The summed E-state index contributed by atoms with van der Waals surface area (Å²) in [5.74, 6) is 0. The molecule has 0 saturated heterocycles. The van der Waals surface area contributed by atoms with Gasteiger partial charge >= 0.3 is 0 Å². The molecular weight excluding hydrogens is 219 g/mol. The van der Waals surface area contributed by atoms with Crippen LogP contribution in [0, 0.1) is 0 Å². The molecule has 1 aromatic rings. The van der Waals surface area contributed by atoms with E-state index in [0.717, 1.165) is 12.0 Å². The summed E-state index contributed by atoms with van der Waals surface area (Å²) in [5, 5.41) is 4.51. The zero-order valence-electron chi connectivity index (χ0n) is 8.06. The molecule has 1 aromatic carbocycles. The molecule has 78 valence electrons.